The molecule has 1 aromatic heterocycles. The highest BCUT2D eigenvalue weighted by molar-refractivity contribution is 7.80. The Bertz CT molecular complexity index is 621. The summed E-state index contributed by atoms with van der Waals surface area (Å²) in [5, 5.41) is 6.02. The van der Waals surface area contributed by atoms with E-state index < -0.39 is 0 Å². The molecule has 0 aliphatic carbocycles. The smallest absolute Gasteiger partial charge is 0.174 e. The molecule has 1 N–H and O–H groups in total. The molecule has 0 atom stereocenters. The average molecular weight is 332 g/mol. The molecule has 1 heterocycles. The second-order valence-corrected chi connectivity index (χ2v) is 6.40. The van der Waals surface area contributed by atoms with Gasteiger partial charge in [-0.15, -0.1) is 11.3 Å². The fourth-order valence-electron chi connectivity index (χ4n) is 1.92. The summed E-state index contributed by atoms with van der Waals surface area (Å²) in [6, 6.07) is 12.1. The van der Waals surface area contributed by atoms with Gasteiger partial charge in [0.2, 0.25) is 0 Å². The molecule has 2 rings (SSSR count). The van der Waals surface area contributed by atoms with Crippen molar-refractivity contribution in [3.8, 4) is 5.75 Å². The summed E-state index contributed by atoms with van der Waals surface area (Å²) < 4.78 is 5.22. The maximum absolute atomic E-state index is 5.56. The van der Waals surface area contributed by atoms with Crippen LogP contribution >= 0.6 is 23.6 Å². The zero-order valence-corrected chi connectivity index (χ0v) is 14.5. The Kier molecular flexibility index (Phi) is 5.98. The molecule has 0 aliphatic rings. The summed E-state index contributed by atoms with van der Waals surface area (Å²) >= 11 is 7.28. The lowest BCUT2D eigenvalue weighted by atomic mass is 10.2. The van der Waals surface area contributed by atoms with Gasteiger partial charge in [0.1, 0.15) is 5.75 Å². The molecule has 2 aromatic rings. The molecule has 0 saturated heterocycles. The zero-order valence-electron chi connectivity index (χ0n) is 12.8. The third kappa shape index (κ3) is 4.58. The number of methoxy groups -OCH3 is 1. The van der Waals surface area contributed by atoms with E-state index in [1.165, 1.54) is 4.88 Å². The largest absolute Gasteiger partial charge is 0.497 e. The summed E-state index contributed by atoms with van der Waals surface area (Å²) in [4.78, 5) is 3.35. The molecule has 0 aliphatic heterocycles. The van der Waals surface area contributed by atoms with Gasteiger partial charge in [0.05, 0.1) is 13.7 Å². The maximum Gasteiger partial charge on any atom is 0.174 e. The summed E-state index contributed by atoms with van der Waals surface area (Å²) in [6.07, 6.45) is 0. The number of ether oxygens (including phenoxy) is 1. The van der Waals surface area contributed by atoms with Gasteiger partial charge in [-0.3, -0.25) is 0 Å². The molecule has 0 fully saturated rings. The van der Waals surface area contributed by atoms with Crippen LogP contribution in [0, 0.1) is 0 Å². The Hall–Kier alpha value is -1.85. The summed E-state index contributed by atoms with van der Waals surface area (Å²) in [5.74, 6) is 0.834. The van der Waals surface area contributed by atoms with E-state index in [9.17, 15) is 0 Å². The molecule has 0 amide bonds. The maximum atomic E-state index is 5.56. The van der Waals surface area contributed by atoms with E-state index in [0.717, 1.165) is 23.6 Å². The molecular weight excluding hydrogens is 312 g/mol. The standard InChI is InChI=1S/C17H20N2OS2/c1-13(2)11-18-17(21)19(12-16-5-4-10-22-16)14-6-8-15(20-3)9-7-14/h4-10H,1,11-12H2,2-3H3,(H,18,21). The van der Waals surface area contributed by atoms with E-state index in [-0.39, 0.29) is 0 Å². The predicted octanol–water partition coefficient (Wildman–Crippen LogP) is 4.21. The normalized spacial score (nSPS) is 10.1. The van der Waals surface area contributed by atoms with Gasteiger partial charge < -0.3 is 15.0 Å². The van der Waals surface area contributed by atoms with Crippen molar-refractivity contribution in [1.82, 2.24) is 5.32 Å². The molecule has 0 spiro atoms. The number of hydrogen-bond donors (Lipinski definition) is 1. The van der Waals surface area contributed by atoms with Gasteiger partial charge in [0.25, 0.3) is 0 Å². The van der Waals surface area contributed by atoms with Crippen LogP contribution in [-0.4, -0.2) is 18.8 Å². The van der Waals surface area contributed by atoms with Gasteiger partial charge in [-0.1, -0.05) is 18.2 Å². The van der Waals surface area contributed by atoms with Crippen LogP contribution in [0.4, 0.5) is 5.69 Å². The van der Waals surface area contributed by atoms with Gasteiger partial charge in [0, 0.05) is 17.1 Å². The Morgan fingerprint density at radius 2 is 2.05 bits per heavy atom. The number of nitrogens with zero attached hydrogens (tertiary/aromatic N) is 1. The number of anilines is 1. The molecule has 0 radical (unpaired) electrons. The Morgan fingerprint density at radius 1 is 1.32 bits per heavy atom. The minimum absolute atomic E-state index is 0.677. The first-order valence-corrected chi connectivity index (χ1v) is 8.25. The second-order valence-electron chi connectivity index (χ2n) is 4.98. The highest BCUT2D eigenvalue weighted by Gasteiger charge is 2.13. The van der Waals surface area contributed by atoms with E-state index in [1.807, 2.05) is 31.2 Å². The molecule has 0 unspecified atom stereocenters. The lowest BCUT2D eigenvalue weighted by molar-refractivity contribution is 0.415. The third-order valence-electron chi connectivity index (χ3n) is 3.06. The highest BCUT2D eigenvalue weighted by Crippen LogP contribution is 2.23. The Labute approximate surface area is 141 Å². The lowest BCUT2D eigenvalue weighted by Crippen LogP contribution is -2.39. The third-order valence-corrected chi connectivity index (χ3v) is 4.29. The first-order chi connectivity index (χ1) is 10.6. The molecule has 0 bridgehead atoms. The zero-order chi connectivity index (χ0) is 15.9. The van der Waals surface area contributed by atoms with Crippen LogP contribution in [0.3, 0.4) is 0 Å². The molecular formula is C17H20N2OS2. The fraction of sp³-hybridized carbons (Fsp3) is 0.235. The van der Waals surface area contributed by atoms with E-state index in [0.29, 0.717) is 11.7 Å². The van der Waals surface area contributed by atoms with Crippen LogP contribution < -0.4 is 15.0 Å². The first-order valence-electron chi connectivity index (χ1n) is 6.96. The van der Waals surface area contributed by atoms with Crippen molar-refractivity contribution in [2.24, 2.45) is 0 Å². The van der Waals surface area contributed by atoms with Gasteiger partial charge in [0.15, 0.2) is 5.11 Å². The van der Waals surface area contributed by atoms with Crippen molar-refractivity contribution < 1.29 is 4.74 Å². The molecule has 1 aromatic carbocycles. The van der Waals surface area contributed by atoms with Gasteiger partial charge >= 0.3 is 0 Å². The van der Waals surface area contributed by atoms with Crippen molar-refractivity contribution in [2.45, 2.75) is 13.5 Å². The van der Waals surface area contributed by atoms with E-state index >= 15 is 0 Å². The lowest BCUT2D eigenvalue weighted by Gasteiger charge is -2.26. The van der Waals surface area contributed by atoms with Crippen LogP contribution in [0.15, 0.2) is 53.9 Å². The average Bonchev–Trinajstić information content (AvgIpc) is 3.03. The van der Waals surface area contributed by atoms with Crippen molar-refractivity contribution in [3.63, 3.8) is 0 Å². The van der Waals surface area contributed by atoms with Crippen LogP contribution in [0.25, 0.3) is 0 Å². The predicted molar refractivity (Wildman–Crippen MR) is 98.9 cm³/mol. The van der Waals surface area contributed by atoms with Gasteiger partial charge in [-0.05, 0) is 54.9 Å². The number of thiocarbonyl (C=S) groups is 1. The van der Waals surface area contributed by atoms with Crippen LogP contribution in [0.5, 0.6) is 5.75 Å². The molecule has 116 valence electrons. The molecule has 22 heavy (non-hydrogen) atoms. The number of rotatable bonds is 6. The quantitative estimate of drug-likeness (QED) is 0.632. The highest BCUT2D eigenvalue weighted by atomic mass is 32.1. The van der Waals surface area contributed by atoms with Crippen molar-refractivity contribution in [2.75, 3.05) is 18.6 Å². The molecule has 5 heteroatoms. The number of benzene rings is 1. The fourth-order valence-corrected chi connectivity index (χ4v) is 2.86. The van der Waals surface area contributed by atoms with Crippen molar-refractivity contribution in [3.05, 3.63) is 58.8 Å². The summed E-state index contributed by atoms with van der Waals surface area (Å²) in [5.41, 5.74) is 2.08. The topological polar surface area (TPSA) is 24.5 Å². The van der Waals surface area contributed by atoms with E-state index in [4.69, 9.17) is 17.0 Å². The number of nitrogens with one attached hydrogen (secondary N) is 1. The van der Waals surface area contributed by atoms with Crippen molar-refractivity contribution in [1.29, 1.82) is 0 Å². The van der Waals surface area contributed by atoms with Crippen LogP contribution in [0.1, 0.15) is 11.8 Å². The number of thiophene rings is 1. The minimum Gasteiger partial charge on any atom is -0.497 e. The molecule has 3 nitrogen and oxygen atoms in total. The SMILES string of the molecule is C=C(C)CNC(=S)N(Cc1cccs1)c1ccc(OC)cc1. The van der Waals surface area contributed by atoms with E-state index in [1.54, 1.807) is 18.4 Å². The minimum atomic E-state index is 0.677. The first kappa shape index (κ1) is 16.5. The van der Waals surface area contributed by atoms with Crippen LogP contribution in [-0.2, 0) is 6.54 Å². The summed E-state index contributed by atoms with van der Waals surface area (Å²) in [7, 11) is 1.66. The van der Waals surface area contributed by atoms with Crippen LogP contribution in [0.2, 0.25) is 0 Å². The van der Waals surface area contributed by atoms with Crippen molar-refractivity contribution >= 4 is 34.4 Å². The Balaban J connectivity index is 2.19. The van der Waals surface area contributed by atoms with Gasteiger partial charge in [-0.2, -0.15) is 0 Å². The summed E-state index contributed by atoms with van der Waals surface area (Å²) in [6.45, 7) is 7.30. The molecule has 0 saturated carbocycles. The Morgan fingerprint density at radius 3 is 2.59 bits per heavy atom. The van der Waals surface area contributed by atoms with Gasteiger partial charge in [-0.25, -0.2) is 0 Å². The second kappa shape index (κ2) is 7.96. The monoisotopic (exact) mass is 332 g/mol. The van der Waals surface area contributed by atoms with E-state index in [2.05, 4.69) is 34.3 Å². The number of hydrogen-bond acceptors (Lipinski definition) is 3.